The molecule has 1 aliphatic rings. The van der Waals surface area contributed by atoms with Gasteiger partial charge in [0.2, 0.25) is 0 Å². The van der Waals surface area contributed by atoms with Crippen LogP contribution in [0, 0.1) is 0 Å². The number of anilines is 1. The Morgan fingerprint density at radius 3 is 2.54 bits per heavy atom. The lowest BCUT2D eigenvalue weighted by Gasteiger charge is -2.30. The van der Waals surface area contributed by atoms with Crippen molar-refractivity contribution in [2.45, 2.75) is 37.2 Å². The van der Waals surface area contributed by atoms with Crippen LogP contribution in [0.1, 0.15) is 24.0 Å². The third kappa shape index (κ3) is 4.41. The van der Waals surface area contributed by atoms with Crippen molar-refractivity contribution < 1.29 is 31.8 Å². The average Bonchev–Trinajstić information content (AvgIpc) is 2.65. The maximum atomic E-state index is 13.1. The van der Waals surface area contributed by atoms with Gasteiger partial charge in [0.25, 0.3) is 10.0 Å². The molecule has 0 unspecified atom stereocenters. The van der Waals surface area contributed by atoms with E-state index in [0.717, 1.165) is 5.56 Å². The van der Waals surface area contributed by atoms with Crippen LogP contribution in [0.5, 0.6) is 5.75 Å². The van der Waals surface area contributed by atoms with Crippen molar-refractivity contribution in [3.63, 3.8) is 0 Å². The van der Waals surface area contributed by atoms with Gasteiger partial charge in [-0.1, -0.05) is 12.1 Å². The summed E-state index contributed by atoms with van der Waals surface area (Å²) in [4.78, 5) is 10.7. The van der Waals surface area contributed by atoms with Gasteiger partial charge in [-0.15, -0.1) is 0 Å². The Bertz CT molecular complexity index is 961. The second kappa shape index (κ2) is 8.14. The van der Waals surface area contributed by atoms with E-state index >= 15 is 0 Å². The molecule has 0 amide bonds. The van der Waals surface area contributed by atoms with Crippen molar-refractivity contribution in [2.24, 2.45) is 0 Å². The highest BCUT2D eigenvalue weighted by molar-refractivity contribution is 7.92. The lowest BCUT2D eigenvalue weighted by Crippen LogP contribution is -2.35. The van der Waals surface area contributed by atoms with Gasteiger partial charge in [-0.2, -0.15) is 8.78 Å². The van der Waals surface area contributed by atoms with Crippen LogP contribution in [0.2, 0.25) is 0 Å². The van der Waals surface area contributed by atoms with Gasteiger partial charge in [-0.3, -0.25) is 9.10 Å². The molecule has 2 aromatic rings. The normalized spacial score (nSPS) is 14.0. The fourth-order valence-electron chi connectivity index (χ4n) is 3.17. The maximum absolute atomic E-state index is 13.1. The summed E-state index contributed by atoms with van der Waals surface area (Å²) in [7, 11) is -3.83. The minimum absolute atomic E-state index is 0.00391. The predicted octanol–water partition coefficient (Wildman–Crippen LogP) is 3.45. The zero-order valence-corrected chi connectivity index (χ0v) is 15.7. The number of rotatable bonds is 7. The van der Waals surface area contributed by atoms with E-state index in [1.165, 1.54) is 34.6 Å². The molecule has 0 bridgehead atoms. The lowest BCUT2D eigenvalue weighted by atomic mass is 10.0. The Morgan fingerprint density at radius 2 is 1.89 bits per heavy atom. The number of halogens is 2. The molecule has 1 N–H and O–H groups in total. The van der Waals surface area contributed by atoms with Crippen molar-refractivity contribution in [1.82, 2.24) is 0 Å². The first-order valence-electron chi connectivity index (χ1n) is 8.68. The standard InChI is InChI=1S/C19H19F2NO5S/c20-19(21)27-15-6-9-17-14(12-15)2-1-11-22(17)28(25,26)16-7-3-13(4-8-16)5-10-18(23)24/h3-4,6-9,12,19H,1-2,5,10-11H2,(H,23,24). The largest absolute Gasteiger partial charge is 0.481 e. The summed E-state index contributed by atoms with van der Waals surface area (Å²) in [6.45, 7) is -2.66. The third-order valence-corrected chi connectivity index (χ3v) is 6.32. The Hall–Kier alpha value is -2.68. The molecule has 3 rings (SSSR count). The van der Waals surface area contributed by atoms with Crippen molar-refractivity contribution in [2.75, 3.05) is 10.8 Å². The summed E-state index contributed by atoms with van der Waals surface area (Å²) in [5.74, 6) is -0.924. The van der Waals surface area contributed by atoms with Gasteiger partial charge < -0.3 is 9.84 Å². The number of carboxylic acids is 1. The number of hydrogen-bond donors (Lipinski definition) is 1. The van der Waals surface area contributed by atoms with E-state index in [1.807, 2.05) is 0 Å². The Morgan fingerprint density at radius 1 is 1.18 bits per heavy atom. The molecule has 1 heterocycles. The minimum atomic E-state index is -3.83. The second-order valence-electron chi connectivity index (χ2n) is 6.39. The molecule has 150 valence electrons. The van der Waals surface area contributed by atoms with Gasteiger partial charge in [-0.05, 0) is 60.7 Å². The molecule has 28 heavy (non-hydrogen) atoms. The van der Waals surface area contributed by atoms with E-state index < -0.39 is 22.6 Å². The van der Waals surface area contributed by atoms with Crippen LogP contribution in [0.4, 0.5) is 14.5 Å². The topological polar surface area (TPSA) is 83.9 Å². The second-order valence-corrected chi connectivity index (χ2v) is 8.25. The van der Waals surface area contributed by atoms with E-state index in [2.05, 4.69) is 4.74 Å². The average molecular weight is 411 g/mol. The van der Waals surface area contributed by atoms with Crippen LogP contribution in [-0.4, -0.2) is 32.6 Å². The van der Waals surface area contributed by atoms with E-state index in [0.29, 0.717) is 30.5 Å². The van der Waals surface area contributed by atoms with E-state index in [9.17, 15) is 22.0 Å². The SMILES string of the molecule is O=C(O)CCc1ccc(S(=O)(=O)N2CCCc3cc(OC(F)F)ccc32)cc1. The molecule has 0 spiro atoms. The fraction of sp³-hybridized carbons (Fsp3) is 0.316. The van der Waals surface area contributed by atoms with Gasteiger partial charge in [0.05, 0.1) is 10.6 Å². The number of aryl methyl sites for hydroxylation is 2. The number of ether oxygens (including phenoxy) is 1. The first kappa shape index (κ1) is 20.1. The number of carboxylic acid groups (broad SMARTS) is 1. The number of carbonyl (C=O) groups is 1. The van der Waals surface area contributed by atoms with Crippen LogP contribution in [0.15, 0.2) is 47.4 Å². The summed E-state index contributed by atoms with van der Waals surface area (Å²) < 4.78 is 56.6. The molecule has 0 saturated carbocycles. The molecular formula is C19H19F2NO5S. The number of fused-ring (bicyclic) bond motifs is 1. The number of hydrogen-bond acceptors (Lipinski definition) is 4. The van der Waals surface area contributed by atoms with Crippen molar-refractivity contribution in [1.29, 1.82) is 0 Å². The molecule has 0 aliphatic carbocycles. The Balaban J connectivity index is 1.86. The lowest BCUT2D eigenvalue weighted by molar-refractivity contribution is -0.136. The number of alkyl halides is 2. The number of benzene rings is 2. The number of sulfonamides is 1. The molecule has 0 saturated heterocycles. The highest BCUT2D eigenvalue weighted by Crippen LogP contribution is 2.34. The number of aliphatic carboxylic acids is 1. The van der Waals surface area contributed by atoms with Crippen LogP contribution < -0.4 is 9.04 Å². The molecule has 1 aliphatic heterocycles. The van der Waals surface area contributed by atoms with Crippen LogP contribution in [0.3, 0.4) is 0 Å². The van der Waals surface area contributed by atoms with Gasteiger partial charge in [0, 0.05) is 13.0 Å². The monoisotopic (exact) mass is 411 g/mol. The predicted molar refractivity (Wildman–Crippen MR) is 98.3 cm³/mol. The summed E-state index contributed by atoms with van der Waals surface area (Å²) >= 11 is 0. The minimum Gasteiger partial charge on any atom is -0.481 e. The molecule has 2 aromatic carbocycles. The molecule has 0 radical (unpaired) electrons. The molecule has 0 atom stereocenters. The van der Waals surface area contributed by atoms with Gasteiger partial charge in [0.1, 0.15) is 5.75 Å². The summed E-state index contributed by atoms with van der Waals surface area (Å²) in [5, 5.41) is 8.74. The summed E-state index contributed by atoms with van der Waals surface area (Å²) in [6, 6.07) is 10.3. The van der Waals surface area contributed by atoms with Crippen molar-refractivity contribution in [3.05, 3.63) is 53.6 Å². The van der Waals surface area contributed by atoms with Crippen LogP contribution in [0.25, 0.3) is 0 Å². The maximum Gasteiger partial charge on any atom is 0.387 e. The third-order valence-electron chi connectivity index (χ3n) is 4.49. The van der Waals surface area contributed by atoms with Crippen molar-refractivity contribution >= 4 is 21.7 Å². The van der Waals surface area contributed by atoms with E-state index in [-0.39, 0.29) is 23.6 Å². The van der Waals surface area contributed by atoms with Gasteiger partial charge >= 0.3 is 12.6 Å². The van der Waals surface area contributed by atoms with Crippen molar-refractivity contribution in [3.8, 4) is 5.75 Å². The van der Waals surface area contributed by atoms with Gasteiger partial charge in [0.15, 0.2) is 0 Å². The smallest absolute Gasteiger partial charge is 0.387 e. The Labute approximate surface area is 161 Å². The zero-order valence-electron chi connectivity index (χ0n) is 14.8. The Kier molecular flexibility index (Phi) is 5.83. The molecule has 0 aromatic heterocycles. The number of nitrogens with zero attached hydrogens (tertiary/aromatic N) is 1. The highest BCUT2D eigenvalue weighted by Gasteiger charge is 2.29. The first-order chi connectivity index (χ1) is 13.3. The molecular weight excluding hydrogens is 392 g/mol. The molecule has 6 nitrogen and oxygen atoms in total. The zero-order chi connectivity index (χ0) is 20.3. The van der Waals surface area contributed by atoms with Crippen LogP contribution >= 0.6 is 0 Å². The first-order valence-corrected chi connectivity index (χ1v) is 10.1. The fourth-order valence-corrected chi connectivity index (χ4v) is 4.71. The summed E-state index contributed by atoms with van der Waals surface area (Å²) in [5.41, 5.74) is 1.81. The van der Waals surface area contributed by atoms with E-state index in [1.54, 1.807) is 12.1 Å². The molecule has 9 heteroatoms. The molecule has 0 fully saturated rings. The summed E-state index contributed by atoms with van der Waals surface area (Å²) in [6.07, 6.45) is 1.40. The highest BCUT2D eigenvalue weighted by atomic mass is 32.2. The van der Waals surface area contributed by atoms with Crippen LogP contribution in [-0.2, 0) is 27.7 Å². The van der Waals surface area contributed by atoms with E-state index in [4.69, 9.17) is 5.11 Å². The van der Waals surface area contributed by atoms with Gasteiger partial charge in [-0.25, -0.2) is 8.42 Å². The quantitative estimate of drug-likeness (QED) is 0.755.